The molecule has 2 atom stereocenters. The summed E-state index contributed by atoms with van der Waals surface area (Å²) in [6.45, 7) is 4.05. The Balaban J connectivity index is 2.02. The molecule has 1 fully saturated rings. The molecule has 0 spiro atoms. The van der Waals surface area contributed by atoms with Crippen LogP contribution in [0.5, 0.6) is 0 Å². The second-order valence-electron chi connectivity index (χ2n) is 5.40. The van der Waals surface area contributed by atoms with E-state index in [-0.39, 0.29) is 11.9 Å². The largest absolute Gasteiger partial charge is 0.327 e. The van der Waals surface area contributed by atoms with Gasteiger partial charge in [-0.1, -0.05) is 19.8 Å². The van der Waals surface area contributed by atoms with Crippen molar-refractivity contribution in [2.45, 2.75) is 52.0 Å². The normalized spacial score (nSPS) is 27.4. The molecule has 1 saturated carbocycles. The number of anilines is 1. The molecule has 0 aliphatic heterocycles. The highest BCUT2D eigenvalue weighted by Crippen LogP contribution is 2.37. The Bertz CT molecular complexity index is 428. The zero-order valence-electron chi connectivity index (χ0n) is 11.1. The number of nitrogens with two attached hydrogens (primary N) is 1. The molecular formula is C13H22N4O. The number of nitrogens with one attached hydrogen (secondary N) is 2. The quantitative estimate of drug-likeness (QED) is 0.762. The fraction of sp³-hybridized carbons (Fsp3) is 0.692. The molecule has 4 N–H and O–H groups in total. The molecule has 0 saturated heterocycles. The maximum Gasteiger partial charge on any atom is 0.233 e. The van der Waals surface area contributed by atoms with Gasteiger partial charge in [-0.2, -0.15) is 5.10 Å². The summed E-state index contributed by atoms with van der Waals surface area (Å²) in [5, 5.41) is 9.91. The summed E-state index contributed by atoms with van der Waals surface area (Å²) in [7, 11) is 0. The third-order valence-electron chi connectivity index (χ3n) is 3.94. The lowest BCUT2D eigenvalue weighted by molar-refractivity contribution is -0.125. The molecule has 1 aliphatic carbocycles. The summed E-state index contributed by atoms with van der Waals surface area (Å²) in [4.78, 5) is 12.3. The van der Waals surface area contributed by atoms with E-state index in [2.05, 4.69) is 22.4 Å². The SMILES string of the molecule is CCCc1cc(NC(=O)C2(C)CCCC2N)n[nH]1. The molecule has 1 heterocycles. The van der Waals surface area contributed by atoms with Crippen LogP contribution in [0.3, 0.4) is 0 Å². The second-order valence-corrected chi connectivity index (χ2v) is 5.40. The van der Waals surface area contributed by atoms with Gasteiger partial charge in [0.05, 0.1) is 5.41 Å². The lowest BCUT2D eigenvalue weighted by atomic mass is 9.84. The Kier molecular flexibility index (Phi) is 3.71. The predicted molar refractivity (Wildman–Crippen MR) is 71.1 cm³/mol. The number of aromatic amines is 1. The summed E-state index contributed by atoms with van der Waals surface area (Å²) in [6.07, 6.45) is 4.79. The molecule has 5 heteroatoms. The lowest BCUT2D eigenvalue weighted by Gasteiger charge is -2.26. The average molecular weight is 250 g/mol. The Morgan fingerprint density at radius 1 is 1.72 bits per heavy atom. The van der Waals surface area contributed by atoms with E-state index in [0.29, 0.717) is 5.82 Å². The average Bonchev–Trinajstić information content (AvgIpc) is 2.89. The smallest absolute Gasteiger partial charge is 0.233 e. The minimum Gasteiger partial charge on any atom is -0.327 e. The maximum atomic E-state index is 12.3. The number of rotatable bonds is 4. The Hall–Kier alpha value is -1.36. The van der Waals surface area contributed by atoms with Crippen LogP contribution in [0, 0.1) is 5.41 Å². The van der Waals surface area contributed by atoms with Crippen LogP contribution in [-0.2, 0) is 11.2 Å². The fourth-order valence-corrected chi connectivity index (χ4v) is 2.56. The molecule has 1 amide bonds. The number of aromatic nitrogens is 2. The van der Waals surface area contributed by atoms with E-state index < -0.39 is 5.41 Å². The van der Waals surface area contributed by atoms with E-state index in [1.54, 1.807) is 0 Å². The molecule has 18 heavy (non-hydrogen) atoms. The van der Waals surface area contributed by atoms with E-state index in [9.17, 15) is 4.79 Å². The van der Waals surface area contributed by atoms with Crippen molar-refractivity contribution in [3.05, 3.63) is 11.8 Å². The van der Waals surface area contributed by atoms with Crippen molar-refractivity contribution < 1.29 is 4.79 Å². The topological polar surface area (TPSA) is 83.8 Å². The van der Waals surface area contributed by atoms with Gasteiger partial charge in [-0.25, -0.2) is 0 Å². The first-order valence-electron chi connectivity index (χ1n) is 6.67. The van der Waals surface area contributed by atoms with Gasteiger partial charge in [0.25, 0.3) is 0 Å². The second kappa shape index (κ2) is 5.10. The first-order chi connectivity index (χ1) is 8.56. The van der Waals surface area contributed by atoms with E-state index in [4.69, 9.17) is 5.73 Å². The van der Waals surface area contributed by atoms with Crippen LogP contribution in [-0.4, -0.2) is 22.1 Å². The molecule has 5 nitrogen and oxygen atoms in total. The minimum absolute atomic E-state index is 0.0120. The standard InChI is InChI=1S/C13H22N4O/c1-3-5-9-8-11(17-16-9)15-12(18)13(2)7-4-6-10(13)14/h8,10H,3-7,14H2,1-2H3,(H2,15,16,17,18). The molecule has 100 valence electrons. The van der Waals surface area contributed by atoms with Crippen LogP contribution in [0.15, 0.2) is 6.07 Å². The molecule has 1 aromatic heterocycles. The summed E-state index contributed by atoms with van der Waals surface area (Å²) in [6, 6.07) is 1.84. The Morgan fingerprint density at radius 3 is 3.11 bits per heavy atom. The van der Waals surface area contributed by atoms with E-state index >= 15 is 0 Å². The number of aryl methyl sites for hydroxylation is 1. The van der Waals surface area contributed by atoms with Gasteiger partial charge in [-0.3, -0.25) is 9.89 Å². The maximum absolute atomic E-state index is 12.3. The van der Waals surface area contributed by atoms with E-state index in [0.717, 1.165) is 37.8 Å². The highest BCUT2D eigenvalue weighted by Gasteiger charge is 2.43. The van der Waals surface area contributed by atoms with Crippen molar-refractivity contribution in [3.8, 4) is 0 Å². The number of hydrogen-bond acceptors (Lipinski definition) is 3. The van der Waals surface area contributed by atoms with Crippen LogP contribution in [0.2, 0.25) is 0 Å². The zero-order valence-corrected chi connectivity index (χ0v) is 11.1. The molecular weight excluding hydrogens is 228 g/mol. The summed E-state index contributed by atoms with van der Waals surface area (Å²) >= 11 is 0. The predicted octanol–water partition coefficient (Wildman–Crippen LogP) is 1.82. The number of carbonyl (C=O) groups is 1. The minimum atomic E-state index is -0.454. The van der Waals surface area contributed by atoms with E-state index in [1.807, 2.05) is 13.0 Å². The van der Waals surface area contributed by atoms with Crippen molar-refractivity contribution in [1.82, 2.24) is 10.2 Å². The van der Waals surface area contributed by atoms with Crippen LogP contribution in [0.4, 0.5) is 5.82 Å². The van der Waals surface area contributed by atoms with Gasteiger partial charge in [0.2, 0.25) is 5.91 Å². The molecule has 1 aliphatic rings. The number of carbonyl (C=O) groups excluding carboxylic acids is 1. The van der Waals surface area contributed by atoms with Crippen LogP contribution in [0.25, 0.3) is 0 Å². The van der Waals surface area contributed by atoms with Gasteiger partial charge in [-0.05, 0) is 26.2 Å². The van der Waals surface area contributed by atoms with Crippen molar-refractivity contribution >= 4 is 11.7 Å². The molecule has 2 unspecified atom stereocenters. The summed E-state index contributed by atoms with van der Waals surface area (Å²) in [5.41, 5.74) is 6.63. The monoisotopic (exact) mass is 250 g/mol. The third kappa shape index (κ3) is 2.41. The lowest BCUT2D eigenvalue weighted by Crippen LogP contribution is -2.44. The van der Waals surface area contributed by atoms with Gasteiger partial charge in [0.15, 0.2) is 5.82 Å². The number of H-pyrrole nitrogens is 1. The molecule has 0 radical (unpaired) electrons. The molecule has 2 rings (SSSR count). The highest BCUT2D eigenvalue weighted by atomic mass is 16.2. The molecule has 1 aromatic rings. The van der Waals surface area contributed by atoms with Crippen molar-refractivity contribution in [2.75, 3.05) is 5.32 Å². The molecule has 0 aromatic carbocycles. The Morgan fingerprint density at radius 2 is 2.50 bits per heavy atom. The fourth-order valence-electron chi connectivity index (χ4n) is 2.56. The van der Waals surface area contributed by atoms with Crippen LogP contribution < -0.4 is 11.1 Å². The first-order valence-corrected chi connectivity index (χ1v) is 6.67. The zero-order chi connectivity index (χ0) is 13.2. The van der Waals surface area contributed by atoms with Crippen molar-refractivity contribution in [3.63, 3.8) is 0 Å². The van der Waals surface area contributed by atoms with E-state index in [1.165, 1.54) is 0 Å². The van der Waals surface area contributed by atoms with Gasteiger partial charge >= 0.3 is 0 Å². The number of hydrogen-bond donors (Lipinski definition) is 3. The van der Waals surface area contributed by atoms with Crippen molar-refractivity contribution in [1.29, 1.82) is 0 Å². The summed E-state index contributed by atoms with van der Waals surface area (Å²) in [5.74, 6) is 0.589. The van der Waals surface area contributed by atoms with Crippen molar-refractivity contribution in [2.24, 2.45) is 11.1 Å². The van der Waals surface area contributed by atoms with Gasteiger partial charge in [0, 0.05) is 17.8 Å². The first kappa shape index (κ1) is 13.1. The number of amides is 1. The molecule has 0 bridgehead atoms. The van der Waals surface area contributed by atoms with Crippen LogP contribution >= 0.6 is 0 Å². The third-order valence-corrected chi connectivity index (χ3v) is 3.94. The Labute approximate surface area is 108 Å². The number of nitrogens with zero attached hydrogens (tertiary/aromatic N) is 1. The van der Waals surface area contributed by atoms with Gasteiger partial charge in [-0.15, -0.1) is 0 Å². The van der Waals surface area contributed by atoms with Gasteiger partial charge in [0.1, 0.15) is 0 Å². The summed E-state index contributed by atoms with van der Waals surface area (Å²) < 4.78 is 0. The van der Waals surface area contributed by atoms with Gasteiger partial charge < -0.3 is 11.1 Å². The van der Waals surface area contributed by atoms with Crippen LogP contribution in [0.1, 0.15) is 45.2 Å². The highest BCUT2D eigenvalue weighted by molar-refractivity contribution is 5.95.